The third kappa shape index (κ3) is 5.82. The summed E-state index contributed by atoms with van der Waals surface area (Å²) in [5.74, 6) is 0. The van der Waals surface area contributed by atoms with Crippen molar-refractivity contribution in [1.82, 2.24) is 4.90 Å². The number of likely N-dealkylation sites (N-methyl/N-ethyl adjacent to an activating group) is 1. The van der Waals surface area contributed by atoms with Crippen LogP contribution in [-0.4, -0.2) is 55.0 Å². The second-order valence-electron chi connectivity index (χ2n) is 5.47. The Balaban J connectivity index is 4.47. The van der Waals surface area contributed by atoms with E-state index in [2.05, 4.69) is 32.6 Å². The average molecular weight is 246 g/mol. The molecule has 0 rings (SSSR count). The van der Waals surface area contributed by atoms with Gasteiger partial charge in [-0.3, -0.25) is 4.90 Å². The molecule has 0 aliphatic rings. The predicted octanol–water partition coefficient (Wildman–Crippen LogP) is 1.08. The fraction of sp³-hybridized carbons (Fsp3) is 1.00. The molecule has 104 valence electrons. The van der Waals surface area contributed by atoms with Crippen LogP contribution < -0.4 is 5.73 Å². The number of nitrogens with zero attached hydrogens (tertiary/aromatic N) is 1. The van der Waals surface area contributed by atoms with Crippen LogP contribution in [0.5, 0.6) is 0 Å². The second kappa shape index (κ2) is 8.03. The lowest BCUT2D eigenvalue weighted by atomic mass is 9.82. The molecule has 17 heavy (non-hydrogen) atoms. The number of hydrogen-bond acceptors (Lipinski definition) is 4. The molecule has 0 amide bonds. The molecule has 0 bridgehead atoms. The molecule has 0 heterocycles. The highest BCUT2D eigenvalue weighted by Crippen LogP contribution is 2.22. The summed E-state index contributed by atoms with van der Waals surface area (Å²) in [7, 11) is 0. The summed E-state index contributed by atoms with van der Waals surface area (Å²) in [6.45, 7) is 13.6. The van der Waals surface area contributed by atoms with Gasteiger partial charge in [0.25, 0.3) is 0 Å². The van der Waals surface area contributed by atoms with E-state index in [1.54, 1.807) is 0 Å². The van der Waals surface area contributed by atoms with Gasteiger partial charge in [0.15, 0.2) is 0 Å². The zero-order valence-corrected chi connectivity index (χ0v) is 12.1. The molecule has 4 nitrogen and oxygen atoms in total. The summed E-state index contributed by atoms with van der Waals surface area (Å²) >= 11 is 0. The lowest BCUT2D eigenvalue weighted by molar-refractivity contribution is 0.0455. The van der Waals surface area contributed by atoms with Crippen LogP contribution in [0.2, 0.25) is 0 Å². The van der Waals surface area contributed by atoms with E-state index >= 15 is 0 Å². The molecule has 0 fully saturated rings. The molecule has 0 aliphatic carbocycles. The van der Waals surface area contributed by atoms with Crippen molar-refractivity contribution in [3.05, 3.63) is 0 Å². The van der Waals surface area contributed by atoms with Crippen LogP contribution in [0.25, 0.3) is 0 Å². The Morgan fingerprint density at radius 2 is 1.88 bits per heavy atom. The maximum atomic E-state index is 9.56. The van der Waals surface area contributed by atoms with Gasteiger partial charge in [-0.15, -0.1) is 0 Å². The summed E-state index contributed by atoms with van der Waals surface area (Å²) in [5.41, 5.74) is 6.24. The minimum Gasteiger partial charge on any atom is -0.395 e. The molecule has 0 aromatic rings. The van der Waals surface area contributed by atoms with Gasteiger partial charge in [-0.25, -0.2) is 0 Å². The summed E-state index contributed by atoms with van der Waals surface area (Å²) in [5, 5.41) is 9.56. The van der Waals surface area contributed by atoms with Crippen LogP contribution in [0, 0.1) is 5.41 Å². The molecular formula is C13H30N2O2. The van der Waals surface area contributed by atoms with Crippen molar-refractivity contribution in [3.63, 3.8) is 0 Å². The molecule has 0 spiro atoms. The first-order valence-electron chi connectivity index (χ1n) is 6.56. The first kappa shape index (κ1) is 16.8. The van der Waals surface area contributed by atoms with Crippen molar-refractivity contribution in [3.8, 4) is 0 Å². The maximum absolute atomic E-state index is 9.56. The van der Waals surface area contributed by atoms with E-state index in [4.69, 9.17) is 10.5 Å². The van der Waals surface area contributed by atoms with Gasteiger partial charge in [0, 0.05) is 25.2 Å². The van der Waals surface area contributed by atoms with E-state index < -0.39 is 0 Å². The SMILES string of the molecule is CCOCCN(CC)C(CO)C(N)C(C)(C)C. The quantitative estimate of drug-likeness (QED) is 0.629. The van der Waals surface area contributed by atoms with Crippen molar-refractivity contribution < 1.29 is 9.84 Å². The van der Waals surface area contributed by atoms with E-state index in [0.717, 1.165) is 19.7 Å². The highest BCUT2D eigenvalue weighted by Gasteiger charge is 2.31. The number of ether oxygens (including phenoxy) is 1. The van der Waals surface area contributed by atoms with Crippen LogP contribution in [0.15, 0.2) is 0 Å². The van der Waals surface area contributed by atoms with Gasteiger partial charge in [-0.05, 0) is 18.9 Å². The number of hydrogen-bond donors (Lipinski definition) is 2. The highest BCUT2D eigenvalue weighted by molar-refractivity contribution is 4.89. The molecule has 0 radical (unpaired) electrons. The minimum atomic E-state index is -0.0472. The molecule has 0 saturated heterocycles. The van der Waals surface area contributed by atoms with Gasteiger partial charge in [0.05, 0.1) is 13.2 Å². The van der Waals surface area contributed by atoms with Gasteiger partial charge in [0.1, 0.15) is 0 Å². The van der Waals surface area contributed by atoms with E-state index in [9.17, 15) is 5.11 Å². The van der Waals surface area contributed by atoms with Crippen molar-refractivity contribution in [2.24, 2.45) is 11.1 Å². The van der Waals surface area contributed by atoms with Crippen LogP contribution >= 0.6 is 0 Å². The summed E-state index contributed by atoms with van der Waals surface area (Å²) < 4.78 is 5.36. The number of aliphatic hydroxyl groups excluding tert-OH is 1. The van der Waals surface area contributed by atoms with Crippen molar-refractivity contribution >= 4 is 0 Å². The standard InChI is InChI=1S/C13H30N2O2/c1-6-15(8-9-17-7-2)11(10-16)12(14)13(3,4)5/h11-12,16H,6-10,14H2,1-5H3. The van der Waals surface area contributed by atoms with E-state index in [0.29, 0.717) is 6.61 Å². The summed E-state index contributed by atoms with van der Waals surface area (Å²) in [4.78, 5) is 2.20. The normalized spacial score (nSPS) is 16.2. The van der Waals surface area contributed by atoms with Crippen LogP contribution in [-0.2, 0) is 4.74 Å². The van der Waals surface area contributed by atoms with E-state index in [1.165, 1.54) is 0 Å². The van der Waals surface area contributed by atoms with E-state index in [1.807, 2.05) is 6.92 Å². The second-order valence-corrected chi connectivity index (χ2v) is 5.47. The number of aliphatic hydroxyl groups is 1. The highest BCUT2D eigenvalue weighted by atomic mass is 16.5. The predicted molar refractivity (Wildman–Crippen MR) is 72.0 cm³/mol. The maximum Gasteiger partial charge on any atom is 0.0602 e. The molecule has 0 aliphatic heterocycles. The Labute approximate surface area is 106 Å². The largest absolute Gasteiger partial charge is 0.395 e. The van der Waals surface area contributed by atoms with Gasteiger partial charge >= 0.3 is 0 Å². The van der Waals surface area contributed by atoms with Gasteiger partial charge in [0.2, 0.25) is 0 Å². The summed E-state index contributed by atoms with van der Waals surface area (Å²) in [6, 6.07) is -0.0467. The Morgan fingerprint density at radius 3 is 2.24 bits per heavy atom. The molecule has 2 unspecified atom stereocenters. The Morgan fingerprint density at radius 1 is 1.29 bits per heavy atom. The fourth-order valence-electron chi connectivity index (χ4n) is 1.92. The zero-order valence-electron chi connectivity index (χ0n) is 12.1. The monoisotopic (exact) mass is 246 g/mol. The lowest BCUT2D eigenvalue weighted by Crippen LogP contribution is -2.56. The van der Waals surface area contributed by atoms with Crippen molar-refractivity contribution in [1.29, 1.82) is 0 Å². The number of rotatable bonds is 8. The van der Waals surface area contributed by atoms with Crippen LogP contribution in [0.1, 0.15) is 34.6 Å². The minimum absolute atomic E-state index is 0.000422. The molecule has 0 saturated carbocycles. The van der Waals surface area contributed by atoms with Crippen LogP contribution in [0.4, 0.5) is 0 Å². The molecule has 4 heteroatoms. The van der Waals surface area contributed by atoms with Gasteiger partial charge in [-0.2, -0.15) is 0 Å². The Hall–Kier alpha value is -0.160. The third-order valence-corrected chi connectivity index (χ3v) is 3.20. The Bertz CT molecular complexity index is 192. The number of nitrogens with two attached hydrogens (primary N) is 1. The van der Waals surface area contributed by atoms with Gasteiger partial charge < -0.3 is 15.6 Å². The lowest BCUT2D eigenvalue weighted by Gasteiger charge is -2.39. The van der Waals surface area contributed by atoms with E-state index in [-0.39, 0.29) is 24.1 Å². The summed E-state index contributed by atoms with van der Waals surface area (Å²) in [6.07, 6.45) is 0. The third-order valence-electron chi connectivity index (χ3n) is 3.20. The molecule has 2 atom stereocenters. The topological polar surface area (TPSA) is 58.7 Å². The van der Waals surface area contributed by atoms with Crippen LogP contribution in [0.3, 0.4) is 0 Å². The zero-order chi connectivity index (χ0) is 13.5. The Kier molecular flexibility index (Phi) is 7.96. The average Bonchev–Trinajstić information content (AvgIpc) is 2.26. The molecule has 0 aromatic carbocycles. The molecular weight excluding hydrogens is 216 g/mol. The van der Waals surface area contributed by atoms with Crippen molar-refractivity contribution in [2.75, 3.05) is 32.9 Å². The first-order valence-corrected chi connectivity index (χ1v) is 6.56. The molecule has 3 N–H and O–H groups in total. The first-order chi connectivity index (χ1) is 7.88. The van der Waals surface area contributed by atoms with Crippen molar-refractivity contribution in [2.45, 2.75) is 46.7 Å². The fourth-order valence-corrected chi connectivity index (χ4v) is 1.92. The molecule has 0 aromatic heterocycles. The smallest absolute Gasteiger partial charge is 0.0602 e. The van der Waals surface area contributed by atoms with Gasteiger partial charge in [-0.1, -0.05) is 27.7 Å².